The van der Waals surface area contributed by atoms with Crippen LogP contribution in [0.2, 0.25) is 0 Å². The van der Waals surface area contributed by atoms with Gasteiger partial charge in [0.15, 0.2) is 0 Å². The van der Waals surface area contributed by atoms with Crippen LogP contribution < -0.4 is 4.74 Å². The largest absolute Gasteiger partial charge is 0.494 e. The Morgan fingerprint density at radius 3 is 2.15 bits per heavy atom. The van der Waals surface area contributed by atoms with E-state index in [9.17, 15) is 13.2 Å². The smallest absolute Gasteiger partial charge is 0.383 e. The average molecular weight is 555 g/mol. The molecule has 2 nitrogen and oxygen atoms in total. The summed E-state index contributed by atoms with van der Waals surface area (Å²) >= 11 is 0. The summed E-state index contributed by atoms with van der Waals surface area (Å²) in [5.41, 5.74) is 0.991. The number of hydrogen-bond donors (Lipinski definition) is 0. The van der Waals surface area contributed by atoms with Crippen molar-refractivity contribution in [2.45, 2.75) is 102 Å². The summed E-state index contributed by atoms with van der Waals surface area (Å²) in [5.74, 6) is 1.88. The third-order valence-corrected chi connectivity index (χ3v) is 8.49. The highest BCUT2D eigenvalue weighted by Crippen LogP contribution is 2.39. The van der Waals surface area contributed by atoms with Crippen molar-refractivity contribution >= 4 is 0 Å². The van der Waals surface area contributed by atoms with Gasteiger partial charge in [0.25, 0.3) is 0 Å². The fraction of sp³-hybridized carbons (Fsp3) is 0.543. The zero-order valence-corrected chi connectivity index (χ0v) is 23.9. The van der Waals surface area contributed by atoms with Gasteiger partial charge in [-0.3, -0.25) is 0 Å². The quantitative estimate of drug-likeness (QED) is 0.181. The molecule has 0 spiro atoms. The Morgan fingerprint density at radius 2 is 1.50 bits per heavy atom. The summed E-state index contributed by atoms with van der Waals surface area (Å²) in [5, 5.41) is 0. The minimum atomic E-state index is -3.31. The molecule has 2 aliphatic rings. The molecule has 0 heterocycles. The van der Waals surface area contributed by atoms with E-state index in [1.54, 1.807) is 24.3 Å². The molecule has 0 amide bonds. The molecule has 0 radical (unpaired) electrons. The van der Waals surface area contributed by atoms with Crippen LogP contribution in [0.25, 0.3) is 0 Å². The molecule has 5 heteroatoms. The van der Waals surface area contributed by atoms with Crippen molar-refractivity contribution in [2.24, 2.45) is 11.8 Å². The molecule has 2 aliphatic carbocycles. The molecule has 2 aromatic rings. The Morgan fingerprint density at radius 1 is 0.825 bits per heavy atom. The van der Waals surface area contributed by atoms with Crippen LogP contribution in [0.4, 0.5) is 13.2 Å². The van der Waals surface area contributed by atoms with Crippen molar-refractivity contribution in [2.75, 3.05) is 6.61 Å². The summed E-state index contributed by atoms with van der Waals surface area (Å²) in [6.45, 7) is 2.62. The number of alkyl halides is 2. The van der Waals surface area contributed by atoms with Crippen LogP contribution in [0.1, 0.15) is 101 Å². The van der Waals surface area contributed by atoms with Gasteiger partial charge in [0, 0.05) is 0 Å². The van der Waals surface area contributed by atoms with E-state index >= 15 is 0 Å². The van der Waals surface area contributed by atoms with Crippen LogP contribution in [-0.2, 0) is 10.8 Å². The highest BCUT2D eigenvalue weighted by molar-refractivity contribution is 5.29. The first-order valence-corrected chi connectivity index (χ1v) is 15.3. The van der Waals surface area contributed by atoms with Crippen LogP contribution in [0.15, 0.2) is 72.8 Å². The van der Waals surface area contributed by atoms with E-state index in [0.717, 1.165) is 69.8 Å². The molecule has 0 saturated heterocycles. The standard InChI is InChI=1S/C35H45F3O2/c1-2-3-4-5-6-7-25-39-33-23-19-31(20-24-33)35(37,38)40-34-21-15-28(16-22-34)12-11-27-13-17-29(18-14-27)30-9-8-10-32(36)26-30/h2-3,8-12,19-20,23-24,26-29,34H,4-7,13-18,21-22,25H2,1H3/b3-2+,12-11+. The number of benzene rings is 2. The topological polar surface area (TPSA) is 18.5 Å². The Hall–Kier alpha value is -2.53. The van der Waals surface area contributed by atoms with Crippen LogP contribution in [0.3, 0.4) is 0 Å². The molecule has 0 N–H and O–H groups in total. The van der Waals surface area contributed by atoms with Gasteiger partial charge in [-0.15, -0.1) is 0 Å². The molecule has 40 heavy (non-hydrogen) atoms. The number of allylic oxidation sites excluding steroid dienone is 4. The van der Waals surface area contributed by atoms with Crippen molar-refractivity contribution < 1.29 is 22.6 Å². The Balaban J connectivity index is 1.14. The molecule has 0 bridgehead atoms. The maximum atomic E-state index is 14.9. The van der Waals surface area contributed by atoms with Gasteiger partial charge in [0.05, 0.1) is 18.3 Å². The first-order chi connectivity index (χ1) is 19.4. The predicted molar refractivity (Wildman–Crippen MR) is 156 cm³/mol. The lowest BCUT2D eigenvalue weighted by atomic mass is 9.78. The molecule has 0 aliphatic heterocycles. The monoisotopic (exact) mass is 554 g/mol. The second-order valence-electron chi connectivity index (χ2n) is 11.5. The molecule has 0 atom stereocenters. The highest BCUT2D eigenvalue weighted by atomic mass is 19.3. The number of ether oxygens (including phenoxy) is 2. The Kier molecular flexibility index (Phi) is 11.8. The summed E-state index contributed by atoms with van der Waals surface area (Å²) in [4.78, 5) is 0. The molecular formula is C35H45F3O2. The minimum Gasteiger partial charge on any atom is -0.494 e. The molecule has 0 aromatic heterocycles. The molecule has 4 rings (SSSR count). The lowest BCUT2D eigenvalue weighted by molar-refractivity contribution is -0.277. The van der Waals surface area contributed by atoms with Gasteiger partial charge < -0.3 is 9.47 Å². The molecule has 2 saturated carbocycles. The van der Waals surface area contributed by atoms with Gasteiger partial charge in [-0.1, -0.05) is 36.4 Å². The van der Waals surface area contributed by atoms with Gasteiger partial charge in [-0.2, -0.15) is 8.78 Å². The zero-order chi connectivity index (χ0) is 28.2. The van der Waals surface area contributed by atoms with Crippen molar-refractivity contribution in [3.8, 4) is 5.75 Å². The second kappa shape index (κ2) is 15.5. The van der Waals surface area contributed by atoms with E-state index in [4.69, 9.17) is 9.47 Å². The molecule has 0 unspecified atom stereocenters. The highest BCUT2D eigenvalue weighted by Gasteiger charge is 2.37. The van der Waals surface area contributed by atoms with E-state index < -0.39 is 12.2 Å². The molecule has 218 valence electrons. The number of halogens is 3. The SMILES string of the molecule is C/C=C/CCCCCOc1ccc(C(F)(F)OC2CCC(/C=C/C3CCC(c4cccc(F)c4)CC3)CC2)cc1. The van der Waals surface area contributed by atoms with Gasteiger partial charge in [-0.05, 0) is 144 Å². The fourth-order valence-corrected chi connectivity index (χ4v) is 6.04. The van der Waals surface area contributed by atoms with Crippen LogP contribution >= 0.6 is 0 Å². The van der Waals surface area contributed by atoms with E-state index in [2.05, 4.69) is 24.3 Å². The normalized spacial score (nSPS) is 24.1. The van der Waals surface area contributed by atoms with Crippen molar-refractivity contribution in [1.82, 2.24) is 0 Å². The number of unbranched alkanes of at least 4 members (excludes halogenated alkanes) is 3. The van der Waals surface area contributed by atoms with Gasteiger partial charge in [-0.25, -0.2) is 4.39 Å². The Labute approximate surface area is 238 Å². The third-order valence-electron chi connectivity index (χ3n) is 8.49. The molecular weight excluding hydrogens is 509 g/mol. The lowest BCUT2D eigenvalue weighted by Gasteiger charge is -2.31. The summed E-state index contributed by atoms with van der Waals surface area (Å²) < 4.78 is 54.4. The third kappa shape index (κ3) is 9.54. The Bertz CT molecular complexity index is 1060. The van der Waals surface area contributed by atoms with Crippen LogP contribution in [0.5, 0.6) is 5.75 Å². The van der Waals surface area contributed by atoms with Crippen LogP contribution in [0, 0.1) is 17.7 Å². The van der Waals surface area contributed by atoms with Crippen molar-refractivity contribution in [3.63, 3.8) is 0 Å². The summed E-state index contributed by atoms with van der Waals surface area (Å²) in [7, 11) is 0. The molecule has 2 fully saturated rings. The zero-order valence-electron chi connectivity index (χ0n) is 23.9. The average Bonchev–Trinajstić information content (AvgIpc) is 2.97. The number of rotatable bonds is 13. The van der Waals surface area contributed by atoms with Gasteiger partial charge >= 0.3 is 6.11 Å². The first-order valence-electron chi connectivity index (χ1n) is 15.3. The van der Waals surface area contributed by atoms with Gasteiger partial charge in [0.1, 0.15) is 11.6 Å². The van der Waals surface area contributed by atoms with Crippen molar-refractivity contribution in [3.05, 3.63) is 89.8 Å². The maximum Gasteiger partial charge on any atom is 0.383 e. The van der Waals surface area contributed by atoms with Crippen LogP contribution in [-0.4, -0.2) is 12.7 Å². The van der Waals surface area contributed by atoms with E-state index in [1.807, 2.05) is 13.0 Å². The van der Waals surface area contributed by atoms with E-state index in [1.165, 1.54) is 18.2 Å². The second-order valence-corrected chi connectivity index (χ2v) is 11.5. The minimum absolute atomic E-state index is 0.123. The molecule has 2 aromatic carbocycles. The van der Waals surface area contributed by atoms with E-state index in [-0.39, 0.29) is 11.4 Å². The summed E-state index contributed by atoms with van der Waals surface area (Å²) in [6, 6.07) is 13.1. The first kappa shape index (κ1) is 30.4. The van der Waals surface area contributed by atoms with E-state index in [0.29, 0.717) is 43.0 Å². The van der Waals surface area contributed by atoms with Crippen molar-refractivity contribution in [1.29, 1.82) is 0 Å². The maximum absolute atomic E-state index is 14.9. The summed E-state index contributed by atoms with van der Waals surface area (Å²) in [6.07, 6.45) is 16.8. The van der Waals surface area contributed by atoms with Gasteiger partial charge in [0.2, 0.25) is 0 Å². The predicted octanol–water partition coefficient (Wildman–Crippen LogP) is 10.5. The number of hydrogen-bond acceptors (Lipinski definition) is 2. The fourth-order valence-electron chi connectivity index (χ4n) is 6.04. The lowest BCUT2D eigenvalue weighted by Crippen LogP contribution is -2.29.